The van der Waals surface area contributed by atoms with Crippen LogP contribution in [0.1, 0.15) is 79.8 Å². The van der Waals surface area contributed by atoms with Gasteiger partial charge in [-0.25, -0.2) is 0 Å². The molecule has 0 aromatic carbocycles. The zero-order valence-electron chi connectivity index (χ0n) is 14.4. The van der Waals surface area contributed by atoms with Gasteiger partial charge in [0, 0.05) is 12.6 Å². The lowest BCUT2D eigenvalue weighted by molar-refractivity contribution is 0.0871. The van der Waals surface area contributed by atoms with Crippen molar-refractivity contribution in [2.75, 3.05) is 0 Å². The summed E-state index contributed by atoms with van der Waals surface area (Å²) in [5.41, 5.74) is 0.838. The van der Waals surface area contributed by atoms with Crippen LogP contribution in [0.2, 0.25) is 0 Å². The summed E-state index contributed by atoms with van der Waals surface area (Å²) in [4.78, 5) is 17.2. The molecule has 2 aromatic heterocycles. The predicted octanol–water partition coefficient (Wildman–Crippen LogP) is 3.03. The lowest BCUT2D eigenvalue weighted by atomic mass is 9.89. The average Bonchev–Trinajstić information content (AvgIpc) is 3.14. The van der Waals surface area contributed by atoms with E-state index in [4.69, 9.17) is 4.52 Å². The third-order valence-corrected chi connectivity index (χ3v) is 4.65. The van der Waals surface area contributed by atoms with Gasteiger partial charge in [-0.15, -0.1) is 0 Å². The van der Waals surface area contributed by atoms with Gasteiger partial charge in [0.05, 0.1) is 0 Å². The van der Waals surface area contributed by atoms with Crippen molar-refractivity contribution in [2.24, 2.45) is 0 Å². The van der Waals surface area contributed by atoms with Crippen LogP contribution in [0.15, 0.2) is 10.6 Å². The Labute approximate surface area is 141 Å². The molecule has 1 fully saturated rings. The van der Waals surface area contributed by atoms with Crippen molar-refractivity contribution in [2.45, 2.75) is 70.8 Å². The number of amides is 1. The Hall–Kier alpha value is -2.18. The molecule has 0 saturated heterocycles. The highest BCUT2D eigenvalue weighted by molar-refractivity contribution is 5.92. The first-order valence-corrected chi connectivity index (χ1v) is 8.80. The number of hydrogen-bond acceptors (Lipinski definition) is 5. The fourth-order valence-corrected chi connectivity index (χ4v) is 3.39. The summed E-state index contributed by atoms with van der Waals surface area (Å²) >= 11 is 0. The van der Waals surface area contributed by atoms with E-state index < -0.39 is 5.54 Å². The van der Waals surface area contributed by atoms with Gasteiger partial charge in [0.2, 0.25) is 5.89 Å². The first kappa shape index (κ1) is 16.7. The Balaban J connectivity index is 1.84. The maximum atomic E-state index is 12.7. The fraction of sp³-hybridized carbons (Fsp3) is 0.647. The van der Waals surface area contributed by atoms with Crippen molar-refractivity contribution < 1.29 is 9.32 Å². The van der Waals surface area contributed by atoms with Gasteiger partial charge >= 0.3 is 0 Å². The second kappa shape index (κ2) is 7.15. The number of carbonyl (C=O) groups is 1. The minimum absolute atomic E-state index is 0.182. The molecule has 2 aromatic rings. The van der Waals surface area contributed by atoms with E-state index in [9.17, 15) is 4.79 Å². The first-order chi connectivity index (χ1) is 11.6. The minimum atomic E-state index is -0.560. The van der Waals surface area contributed by atoms with E-state index in [0.717, 1.165) is 57.1 Å². The van der Waals surface area contributed by atoms with Gasteiger partial charge in [-0.05, 0) is 25.3 Å². The van der Waals surface area contributed by atoms with Crippen LogP contribution in [-0.4, -0.2) is 26.2 Å². The quantitative estimate of drug-likeness (QED) is 0.821. The van der Waals surface area contributed by atoms with Gasteiger partial charge in [0.15, 0.2) is 5.82 Å². The van der Waals surface area contributed by atoms with Gasteiger partial charge in [-0.1, -0.05) is 44.2 Å². The summed E-state index contributed by atoms with van der Waals surface area (Å²) in [6.07, 6.45) is 7.94. The van der Waals surface area contributed by atoms with Crippen LogP contribution in [0.3, 0.4) is 0 Å². The van der Waals surface area contributed by atoms with E-state index in [2.05, 4.69) is 32.6 Å². The number of aromatic nitrogens is 4. The third kappa shape index (κ3) is 3.49. The van der Waals surface area contributed by atoms with Crippen molar-refractivity contribution in [1.82, 2.24) is 25.7 Å². The van der Waals surface area contributed by atoms with Crippen molar-refractivity contribution in [3.05, 3.63) is 29.2 Å². The Kier molecular flexibility index (Phi) is 4.97. The fourth-order valence-electron chi connectivity index (χ4n) is 3.39. The lowest BCUT2D eigenvalue weighted by Crippen LogP contribution is -2.46. The van der Waals surface area contributed by atoms with Crippen LogP contribution < -0.4 is 5.32 Å². The number of rotatable bonds is 5. The predicted molar refractivity (Wildman–Crippen MR) is 88.5 cm³/mol. The molecule has 0 radical (unpaired) electrons. The van der Waals surface area contributed by atoms with E-state index in [1.165, 1.54) is 0 Å². The van der Waals surface area contributed by atoms with Crippen LogP contribution in [0.5, 0.6) is 0 Å². The van der Waals surface area contributed by atoms with Crippen LogP contribution in [0.25, 0.3) is 0 Å². The van der Waals surface area contributed by atoms with Crippen molar-refractivity contribution in [3.8, 4) is 0 Å². The Bertz CT molecular complexity index is 683. The van der Waals surface area contributed by atoms with E-state index in [-0.39, 0.29) is 5.91 Å². The summed E-state index contributed by atoms with van der Waals surface area (Å²) in [5, 5.41) is 14.4. The average molecular weight is 331 g/mol. The number of nitrogens with one attached hydrogen (secondary N) is 2. The monoisotopic (exact) mass is 331 g/mol. The molecule has 1 saturated carbocycles. The molecule has 7 heteroatoms. The number of H-pyrrole nitrogens is 1. The summed E-state index contributed by atoms with van der Waals surface area (Å²) < 4.78 is 5.17. The van der Waals surface area contributed by atoms with Crippen molar-refractivity contribution in [3.63, 3.8) is 0 Å². The molecule has 0 spiro atoms. The van der Waals surface area contributed by atoms with E-state index in [1.54, 1.807) is 6.92 Å². The second-order valence-electron chi connectivity index (χ2n) is 6.62. The molecule has 3 rings (SSSR count). The number of aromatic amines is 1. The molecule has 0 unspecified atom stereocenters. The highest BCUT2D eigenvalue weighted by Crippen LogP contribution is 2.34. The van der Waals surface area contributed by atoms with Crippen molar-refractivity contribution in [1.29, 1.82) is 0 Å². The zero-order valence-corrected chi connectivity index (χ0v) is 14.4. The number of hydrogen-bond donors (Lipinski definition) is 2. The van der Waals surface area contributed by atoms with E-state index in [0.29, 0.717) is 17.4 Å². The van der Waals surface area contributed by atoms with Gasteiger partial charge in [0.1, 0.15) is 11.2 Å². The smallest absolute Gasteiger partial charge is 0.272 e. The summed E-state index contributed by atoms with van der Waals surface area (Å²) in [5.74, 6) is 0.922. The lowest BCUT2D eigenvalue weighted by Gasteiger charge is -2.30. The SMILES string of the molecule is CCCc1cc(C(=O)NC2(c3noc(C)n3)CCCCCC2)n[nH]1. The van der Waals surface area contributed by atoms with Crippen LogP contribution in [-0.2, 0) is 12.0 Å². The molecule has 1 aliphatic rings. The second-order valence-corrected chi connectivity index (χ2v) is 6.62. The molecule has 1 aliphatic carbocycles. The van der Waals surface area contributed by atoms with Crippen LogP contribution in [0.4, 0.5) is 0 Å². The molecule has 0 atom stereocenters. The third-order valence-electron chi connectivity index (χ3n) is 4.65. The molecule has 1 amide bonds. The standard InChI is InChI=1S/C17H25N5O2/c1-3-8-13-11-14(21-20-13)15(23)19-17(9-6-4-5-7-10-17)16-18-12(2)24-22-16/h11H,3-10H2,1-2H3,(H,19,23)(H,20,21). The first-order valence-electron chi connectivity index (χ1n) is 8.80. The van der Waals surface area contributed by atoms with E-state index >= 15 is 0 Å². The van der Waals surface area contributed by atoms with Gasteiger partial charge < -0.3 is 9.84 Å². The molecule has 2 heterocycles. The molecule has 0 bridgehead atoms. The maximum Gasteiger partial charge on any atom is 0.272 e. The number of nitrogens with zero attached hydrogens (tertiary/aromatic N) is 3. The summed E-state index contributed by atoms with van der Waals surface area (Å²) in [6.45, 7) is 3.87. The van der Waals surface area contributed by atoms with Gasteiger partial charge in [0.25, 0.3) is 5.91 Å². The molecule has 7 nitrogen and oxygen atoms in total. The summed E-state index contributed by atoms with van der Waals surface area (Å²) in [7, 11) is 0. The molecular weight excluding hydrogens is 306 g/mol. The molecule has 24 heavy (non-hydrogen) atoms. The Morgan fingerprint density at radius 3 is 2.71 bits per heavy atom. The van der Waals surface area contributed by atoms with E-state index in [1.807, 2.05) is 6.07 Å². The minimum Gasteiger partial charge on any atom is -0.340 e. The number of aryl methyl sites for hydroxylation is 2. The normalized spacial score (nSPS) is 17.4. The van der Waals surface area contributed by atoms with Crippen molar-refractivity contribution >= 4 is 5.91 Å². The highest BCUT2D eigenvalue weighted by Gasteiger charge is 2.39. The molecule has 2 N–H and O–H groups in total. The topological polar surface area (TPSA) is 96.7 Å². The molecular formula is C17H25N5O2. The van der Waals surface area contributed by atoms with Gasteiger partial charge in [-0.2, -0.15) is 10.1 Å². The highest BCUT2D eigenvalue weighted by atomic mass is 16.5. The Morgan fingerprint density at radius 1 is 1.33 bits per heavy atom. The van der Waals surface area contributed by atoms with Crippen LogP contribution >= 0.6 is 0 Å². The number of carbonyl (C=O) groups excluding carboxylic acids is 1. The summed E-state index contributed by atoms with van der Waals surface area (Å²) in [6, 6.07) is 1.82. The van der Waals surface area contributed by atoms with Crippen LogP contribution in [0, 0.1) is 6.92 Å². The molecule has 0 aliphatic heterocycles. The maximum absolute atomic E-state index is 12.7. The molecule has 130 valence electrons. The zero-order chi connectivity index (χ0) is 17.0. The largest absolute Gasteiger partial charge is 0.340 e. The Morgan fingerprint density at radius 2 is 2.08 bits per heavy atom. The van der Waals surface area contributed by atoms with Gasteiger partial charge in [-0.3, -0.25) is 9.89 Å².